The van der Waals surface area contributed by atoms with Gasteiger partial charge in [0.2, 0.25) is 11.8 Å². The summed E-state index contributed by atoms with van der Waals surface area (Å²) in [6, 6.07) is 15.8. The van der Waals surface area contributed by atoms with Gasteiger partial charge in [0.05, 0.1) is 11.4 Å². The zero-order chi connectivity index (χ0) is 28.3. The number of hydrogen-bond donors (Lipinski definition) is 1. The molecule has 2 atom stereocenters. The Bertz CT molecular complexity index is 1470. The first kappa shape index (κ1) is 28.1. The molecule has 0 radical (unpaired) electrons. The highest BCUT2D eigenvalue weighted by atomic mass is 32.2. The van der Waals surface area contributed by atoms with Crippen LogP contribution in [0.15, 0.2) is 64.4 Å². The molecule has 1 aliphatic rings. The van der Waals surface area contributed by atoms with Crippen LogP contribution in [0.1, 0.15) is 56.1 Å². The Kier molecular flexibility index (Phi) is 8.54. The number of ketones is 1. The van der Waals surface area contributed by atoms with Crippen molar-refractivity contribution >= 4 is 45.9 Å². The summed E-state index contributed by atoms with van der Waals surface area (Å²) in [5.74, 6) is -0.569. The minimum atomic E-state index is -0.667. The average molecular weight is 548 g/mol. The number of nitrogens with one attached hydrogen (secondary N) is 1. The molecule has 2 unspecified atom stereocenters. The van der Waals surface area contributed by atoms with Crippen molar-refractivity contribution < 1.29 is 14.4 Å². The van der Waals surface area contributed by atoms with Gasteiger partial charge in [-0.2, -0.15) is 0 Å². The summed E-state index contributed by atoms with van der Waals surface area (Å²) in [5.41, 5.74) is 2.48. The third kappa shape index (κ3) is 5.90. The molecule has 10 heteroatoms. The van der Waals surface area contributed by atoms with E-state index in [1.807, 2.05) is 51.1 Å². The number of aromatic nitrogens is 2. The summed E-state index contributed by atoms with van der Waals surface area (Å²) in [5, 5.41) is 2.57. The van der Waals surface area contributed by atoms with Crippen LogP contribution in [0.25, 0.3) is 5.69 Å². The number of Topliss-reactive ketones (excluding diaryl/α,β-unsaturated/α-hetero) is 1. The van der Waals surface area contributed by atoms with Crippen LogP contribution in [-0.4, -0.2) is 48.3 Å². The van der Waals surface area contributed by atoms with Gasteiger partial charge in [-0.05, 0) is 63.6 Å². The lowest BCUT2D eigenvalue weighted by Crippen LogP contribution is -2.40. The number of nitrogens with zero attached hydrogens (tertiary/aromatic N) is 4. The molecule has 1 N–H and O–H groups in total. The van der Waals surface area contributed by atoms with Crippen LogP contribution in [0.2, 0.25) is 0 Å². The molecule has 39 heavy (non-hydrogen) atoms. The van der Waals surface area contributed by atoms with Crippen LogP contribution in [-0.2, 0) is 16.6 Å². The standard InChI is InChI=1S/C29H33N5O4S/c1-6-10-18(2)33-27(37)24(17-25(36)30-22-15-13-21(14-16-22)20(4)35)39-29(33)31-26-19(3)32(5)34(28(26)38)23-11-8-7-9-12-23/h7-9,11-16,18,24H,6,10,17H2,1-5H3,(H,30,36). The highest BCUT2D eigenvalue weighted by molar-refractivity contribution is 8.15. The minimum absolute atomic E-state index is 0.0473. The summed E-state index contributed by atoms with van der Waals surface area (Å²) in [7, 11) is 1.80. The Balaban J connectivity index is 1.62. The first-order chi connectivity index (χ1) is 18.6. The topological polar surface area (TPSA) is 106 Å². The maximum atomic E-state index is 13.5. The van der Waals surface area contributed by atoms with Gasteiger partial charge in [-0.3, -0.25) is 28.8 Å². The molecular formula is C29H33N5O4S. The van der Waals surface area contributed by atoms with Gasteiger partial charge < -0.3 is 5.32 Å². The van der Waals surface area contributed by atoms with E-state index in [1.165, 1.54) is 18.7 Å². The lowest BCUT2D eigenvalue weighted by Gasteiger charge is -2.24. The summed E-state index contributed by atoms with van der Waals surface area (Å²) >= 11 is 1.21. The molecular weight excluding hydrogens is 514 g/mol. The molecule has 0 spiro atoms. The van der Waals surface area contributed by atoms with E-state index in [2.05, 4.69) is 5.32 Å². The third-order valence-corrected chi connectivity index (χ3v) is 7.94. The molecule has 1 aliphatic heterocycles. The normalized spacial score (nSPS) is 17.1. The molecule has 1 aromatic heterocycles. The Morgan fingerprint density at radius 1 is 1.08 bits per heavy atom. The number of hydrogen-bond acceptors (Lipinski definition) is 6. The summed E-state index contributed by atoms with van der Waals surface area (Å²) in [4.78, 5) is 57.7. The molecule has 0 aliphatic carbocycles. The number of benzene rings is 2. The molecule has 2 amide bonds. The van der Waals surface area contributed by atoms with E-state index in [0.717, 1.165) is 18.5 Å². The SMILES string of the molecule is CCCC(C)N1C(=O)C(CC(=O)Nc2ccc(C(C)=O)cc2)SC1=Nc1c(C)n(C)n(-c2ccccc2)c1=O. The largest absolute Gasteiger partial charge is 0.326 e. The fraction of sp³-hybridized carbons (Fsp3) is 0.345. The first-order valence-electron chi connectivity index (χ1n) is 13.0. The van der Waals surface area contributed by atoms with Crippen molar-refractivity contribution in [1.29, 1.82) is 0 Å². The molecule has 9 nitrogen and oxygen atoms in total. The van der Waals surface area contributed by atoms with Crippen molar-refractivity contribution in [2.24, 2.45) is 12.0 Å². The number of rotatable bonds is 9. The molecule has 3 aromatic rings. The van der Waals surface area contributed by atoms with Crippen LogP contribution in [0.5, 0.6) is 0 Å². The quantitative estimate of drug-likeness (QED) is 0.386. The van der Waals surface area contributed by atoms with E-state index in [-0.39, 0.29) is 41.3 Å². The Morgan fingerprint density at radius 3 is 2.36 bits per heavy atom. The fourth-order valence-electron chi connectivity index (χ4n) is 4.59. The van der Waals surface area contributed by atoms with Crippen LogP contribution < -0.4 is 10.9 Å². The van der Waals surface area contributed by atoms with Crippen molar-refractivity contribution in [3.8, 4) is 5.69 Å². The lowest BCUT2D eigenvalue weighted by atomic mass is 10.1. The van der Waals surface area contributed by atoms with Gasteiger partial charge in [-0.15, -0.1) is 0 Å². The highest BCUT2D eigenvalue weighted by Crippen LogP contribution is 2.34. The van der Waals surface area contributed by atoms with Crippen LogP contribution in [0, 0.1) is 6.92 Å². The lowest BCUT2D eigenvalue weighted by molar-refractivity contribution is -0.129. The fourth-order valence-corrected chi connectivity index (χ4v) is 5.82. The second kappa shape index (κ2) is 11.9. The van der Waals surface area contributed by atoms with Crippen LogP contribution in [0.4, 0.5) is 11.4 Å². The number of carbonyl (C=O) groups is 3. The van der Waals surface area contributed by atoms with Crippen molar-refractivity contribution in [2.45, 2.75) is 58.2 Å². The molecule has 2 aromatic carbocycles. The summed E-state index contributed by atoms with van der Waals surface area (Å²) in [6.07, 6.45) is 1.58. The van der Waals surface area contributed by atoms with Gasteiger partial charge in [0.1, 0.15) is 5.25 Å². The molecule has 4 rings (SSSR count). The molecule has 0 saturated carbocycles. The Hall–Kier alpha value is -3.92. The van der Waals surface area contributed by atoms with Crippen molar-refractivity contribution in [3.63, 3.8) is 0 Å². The number of para-hydroxylation sites is 1. The van der Waals surface area contributed by atoms with Gasteiger partial charge in [0.25, 0.3) is 5.56 Å². The second-order valence-electron chi connectivity index (χ2n) is 9.64. The van der Waals surface area contributed by atoms with E-state index in [4.69, 9.17) is 4.99 Å². The average Bonchev–Trinajstić information content (AvgIpc) is 3.32. The summed E-state index contributed by atoms with van der Waals surface area (Å²) in [6.45, 7) is 7.30. The van der Waals surface area contributed by atoms with Gasteiger partial charge in [0, 0.05) is 30.8 Å². The van der Waals surface area contributed by atoms with E-state index in [0.29, 0.717) is 22.1 Å². The van der Waals surface area contributed by atoms with Crippen molar-refractivity contribution in [1.82, 2.24) is 14.3 Å². The molecule has 1 fully saturated rings. The van der Waals surface area contributed by atoms with Gasteiger partial charge >= 0.3 is 0 Å². The van der Waals surface area contributed by atoms with Gasteiger partial charge in [-0.1, -0.05) is 43.3 Å². The second-order valence-corrected chi connectivity index (χ2v) is 10.8. The maximum absolute atomic E-state index is 13.5. The first-order valence-corrected chi connectivity index (χ1v) is 13.8. The Labute approximate surface area is 231 Å². The van der Waals surface area contributed by atoms with E-state index < -0.39 is 5.25 Å². The minimum Gasteiger partial charge on any atom is -0.326 e. The molecule has 1 saturated heterocycles. The number of amidine groups is 1. The number of thioether (sulfide) groups is 1. The third-order valence-electron chi connectivity index (χ3n) is 6.79. The van der Waals surface area contributed by atoms with Crippen molar-refractivity contribution in [2.75, 3.05) is 5.32 Å². The molecule has 2 heterocycles. The Morgan fingerprint density at radius 2 is 1.74 bits per heavy atom. The smallest absolute Gasteiger partial charge is 0.297 e. The number of anilines is 1. The monoisotopic (exact) mass is 547 g/mol. The predicted octanol–water partition coefficient (Wildman–Crippen LogP) is 4.84. The predicted molar refractivity (Wildman–Crippen MR) is 155 cm³/mol. The van der Waals surface area contributed by atoms with Crippen molar-refractivity contribution in [3.05, 3.63) is 76.2 Å². The zero-order valence-corrected chi connectivity index (χ0v) is 23.6. The van der Waals surface area contributed by atoms with Gasteiger partial charge in [0.15, 0.2) is 16.6 Å². The number of aliphatic imine (C=N–C) groups is 1. The number of amides is 2. The van der Waals surface area contributed by atoms with Crippen LogP contribution >= 0.6 is 11.8 Å². The van der Waals surface area contributed by atoms with E-state index in [9.17, 15) is 19.2 Å². The molecule has 204 valence electrons. The zero-order valence-electron chi connectivity index (χ0n) is 22.8. The van der Waals surface area contributed by atoms with E-state index in [1.54, 1.807) is 45.6 Å². The summed E-state index contributed by atoms with van der Waals surface area (Å²) < 4.78 is 3.30. The maximum Gasteiger partial charge on any atom is 0.297 e. The van der Waals surface area contributed by atoms with Gasteiger partial charge in [-0.25, -0.2) is 9.67 Å². The highest BCUT2D eigenvalue weighted by Gasteiger charge is 2.41. The van der Waals surface area contributed by atoms with E-state index >= 15 is 0 Å². The van der Waals surface area contributed by atoms with Crippen LogP contribution in [0.3, 0.4) is 0 Å². The molecule has 0 bridgehead atoms. The number of carbonyl (C=O) groups excluding carboxylic acids is 3.